The van der Waals surface area contributed by atoms with E-state index in [9.17, 15) is 14.3 Å². The number of carbonyl (C=O) groups is 1. The monoisotopic (exact) mass is 349 g/mol. The minimum atomic E-state index is -4.39. The van der Waals surface area contributed by atoms with Crippen LogP contribution in [0, 0.1) is 5.92 Å². The quantitative estimate of drug-likeness (QED) is 0.537. The minimum absolute atomic E-state index is 0.000357. The average Bonchev–Trinajstić information content (AvgIpc) is 2.58. The van der Waals surface area contributed by atoms with E-state index in [1.54, 1.807) is 0 Å². The Hall–Kier alpha value is -1.18. The number of carbonyl (C=O) groups excluding carboxylic acids is 1. The molecule has 1 rings (SSSR count). The second kappa shape index (κ2) is 10.6. The summed E-state index contributed by atoms with van der Waals surface area (Å²) in [6.07, 6.45) is 7.68. The number of nitrogens with one attached hydrogen (secondary N) is 1. The van der Waals surface area contributed by atoms with Crippen molar-refractivity contribution >= 4 is 13.9 Å². The van der Waals surface area contributed by atoms with Gasteiger partial charge in [-0.15, -0.1) is 0 Å². The van der Waals surface area contributed by atoms with Gasteiger partial charge in [0, 0.05) is 26.2 Å². The molecule has 2 N–H and O–H groups in total. The zero-order valence-electron chi connectivity index (χ0n) is 14.0. The molecule has 0 spiro atoms. The topological polar surface area (TPSA) is 117 Å². The molecule has 0 bridgehead atoms. The van der Waals surface area contributed by atoms with Crippen molar-refractivity contribution in [1.29, 1.82) is 1.43 Å². The van der Waals surface area contributed by atoms with Crippen LogP contribution in [0.15, 0.2) is 24.3 Å². The molecule has 1 aliphatic rings. The van der Waals surface area contributed by atoms with Crippen molar-refractivity contribution in [3.8, 4) is 0 Å². The van der Waals surface area contributed by atoms with Crippen molar-refractivity contribution in [3.05, 3.63) is 24.3 Å². The Morgan fingerprint density at radius 2 is 2.39 bits per heavy atom. The van der Waals surface area contributed by atoms with Crippen LogP contribution in [0.25, 0.3) is 0 Å². The van der Waals surface area contributed by atoms with E-state index in [-0.39, 0.29) is 38.5 Å². The van der Waals surface area contributed by atoms with Gasteiger partial charge in [0.25, 0.3) is 7.82 Å². The molecular formula is C14H23NO7P-. The number of hydrogen-bond donors (Lipinski definition) is 2. The van der Waals surface area contributed by atoms with Gasteiger partial charge in [-0.05, 0) is 19.3 Å². The third kappa shape index (κ3) is 8.88. The molecule has 8 nitrogen and oxygen atoms in total. The lowest BCUT2D eigenvalue weighted by Crippen LogP contribution is -2.30. The first-order valence-corrected chi connectivity index (χ1v) is 8.80. The standard InChI is InChI=1S/C14H24NO7P/c1-20-23(18,19)22-13(8-10-16)7-9-15-14(17)21-11-12-5-3-2-4-6-12/h2-5,12-13,16H,6-11H2,1H3,(H,15,17)(H,18,19)/p-1/t12?,13-/m0/s1/i16D. The van der Waals surface area contributed by atoms with Gasteiger partial charge < -0.3 is 29.1 Å². The predicted octanol–water partition coefficient (Wildman–Crippen LogP) is 1.12. The lowest BCUT2D eigenvalue weighted by atomic mass is 10.0. The SMILES string of the molecule is [2H]OCC[C@H](CCNC(=O)OCC1C=CC=CC1)OP(=O)([O-])OC. The summed E-state index contributed by atoms with van der Waals surface area (Å²) in [6, 6.07) is 0. The zero-order valence-corrected chi connectivity index (χ0v) is 13.9. The van der Waals surface area contributed by atoms with E-state index in [4.69, 9.17) is 10.7 Å². The molecule has 0 aromatic heterocycles. The van der Waals surface area contributed by atoms with Gasteiger partial charge >= 0.3 is 6.09 Å². The van der Waals surface area contributed by atoms with Gasteiger partial charge in [-0.25, -0.2) is 4.79 Å². The van der Waals surface area contributed by atoms with Crippen LogP contribution in [0.3, 0.4) is 0 Å². The summed E-state index contributed by atoms with van der Waals surface area (Å²) >= 11 is 0. The Morgan fingerprint density at radius 3 is 3.04 bits per heavy atom. The number of aliphatic hydroxyl groups is 1. The first kappa shape index (κ1) is 18.2. The summed E-state index contributed by atoms with van der Waals surface area (Å²) in [5.74, 6) is 0.166. The number of alkyl carbamates (subject to hydrolysis) is 1. The lowest BCUT2D eigenvalue weighted by molar-refractivity contribution is -0.227. The normalized spacial score (nSPS) is 21.3. The highest BCUT2D eigenvalue weighted by molar-refractivity contribution is 7.45. The Balaban J connectivity index is 2.27. The van der Waals surface area contributed by atoms with Gasteiger partial charge in [0.05, 0.1) is 12.7 Å². The summed E-state index contributed by atoms with van der Waals surface area (Å²) in [5, 5.41) is 6.70. The molecule has 0 radical (unpaired) electrons. The molecule has 0 aromatic carbocycles. The van der Waals surface area contributed by atoms with E-state index >= 15 is 0 Å². The van der Waals surface area contributed by atoms with Crippen molar-refractivity contribution in [2.24, 2.45) is 5.92 Å². The smallest absolute Gasteiger partial charge is 0.407 e. The number of phosphoric acid groups is 1. The third-order valence-electron chi connectivity index (χ3n) is 3.18. The summed E-state index contributed by atoms with van der Waals surface area (Å²) in [7, 11) is -3.39. The van der Waals surface area contributed by atoms with Gasteiger partial charge in [0.1, 0.15) is 0 Å². The third-order valence-corrected chi connectivity index (χ3v) is 4.18. The molecule has 2 unspecified atom stereocenters. The molecule has 3 atom stereocenters. The number of rotatable bonds is 11. The predicted molar refractivity (Wildman–Crippen MR) is 81.5 cm³/mol. The van der Waals surface area contributed by atoms with Crippen molar-refractivity contribution < 1.29 is 33.1 Å². The highest BCUT2D eigenvalue weighted by atomic mass is 31.2. The fourth-order valence-electron chi connectivity index (χ4n) is 1.93. The van der Waals surface area contributed by atoms with Gasteiger partial charge in [0.2, 0.25) is 1.43 Å². The van der Waals surface area contributed by atoms with Crippen LogP contribution in [-0.4, -0.2) is 45.6 Å². The molecule has 0 saturated carbocycles. The van der Waals surface area contributed by atoms with Crippen LogP contribution in [0.2, 0.25) is 0 Å². The van der Waals surface area contributed by atoms with Crippen LogP contribution in [0.4, 0.5) is 4.79 Å². The highest BCUT2D eigenvalue weighted by Gasteiger charge is 2.17. The number of phosphoric ester groups is 1. The summed E-state index contributed by atoms with van der Waals surface area (Å²) in [5.41, 5.74) is 0. The molecule has 0 saturated heterocycles. The van der Waals surface area contributed by atoms with Crippen LogP contribution < -0.4 is 10.2 Å². The van der Waals surface area contributed by atoms with Crippen LogP contribution in [-0.2, 0) is 18.3 Å². The maximum absolute atomic E-state index is 11.6. The fraction of sp³-hybridized carbons (Fsp3) is 0.643. The molecule has 132 valence electrons. The Bertz CT molecular complexity index is 486. The minimum Gasteiger partial charge on any atom is -0.756 e. The second-order valence-corrected chi connectivity index (χ2v) is 6.44. The van der Waals surface area contributed by atoms with E-state index in [1.807, 2.05) is 24.3 Å². The summed E-state index contributed by atoms with van der Waals surface area (Å²) < 4.78 is 32.1. The Morgan fingerprint density at radius 1 is 1.57 bits per heavy atom. The van der Waals surface area contributed by atoms with Crippen LogP contribution in [0.1, 0.15) is 19.3 Å². The Kier molecular flexibility index (Phi) is 8.35. The lowest BCUT2D eigenvalue weighted by Gasteiger charge is -2.26. The highest BCUT2D eigenvalue weighted by Crippen LogP contribution is 2.39. The van der Waals surface area contributed by atoms with E-state index in [2.05, 4.69) is 14.9 Å². The van der Waals surface area contributed by atoms with Crippen molar-refractivity contribution in [1.82, 2.24) is 5.32 Å². The number of aliphatic hydroxyl groups excluding tert-OH is 1. The van der Waals surface area contributed by atoms with Crippen molar-refractivity contribution in [2.75, 3.05) is 26.9 Å². The first-order chi connectivity index (χ1) is 11.5. The Labute approximate surface area is 137 Å². The van der Waals surface area contributed by atoms with Gasteiger partial charge in [0.15, 0.2) is 0 Å². The van der Waals surface area contributed by atoms with E-state index < -0.39 is 20.0 Å². The first-order valence-electron chi connectivity index (χ1n) is 7.75. The van der Waals surface area contributed by atoms with Crippen molar-refractivity contribution in [3.63, 3.8) is 0 Å². The molecule has 23 heavy (non-hydrogen) atoms. The van der Waals surface area contributed by atoms with Gasteiger partial charge in [-0.1, -0.05) is 24.3 Å². The van der Waals surface area contributed by atoms with Gasteiger partial charge in [-0.3, -0.25) is 4.57 Å². The average molecular weight is 349 g/mol. The number of amides is 1. The van der Waals surface area contributed by atoms with E-state index in [0.717, 1.165) is 13.5 Å². The zero-order chi connectivity index (χ0) is 17.8. The molecule has 9 heteroatoms. The van der Waals surface area contributed by atoms with Crippen LogP contribution in [0.5, 0.6) is 0 Å². The second-order valence-electron chi connectivity index (χ2n) is 4.97. The van der Waals surface area contributed by atoms with E-state index in [0.29, 0.717) is 0 Å². The number of ether oxygens (including phenoxy) is 1. The van der Waals surface area contributed by atoms with Gasteiger partial charge in [-0.2, -0.15) is 0 Å². The number of allylic oxidation sites excluding steroid dienone is 3. The van der Waals surface area contributed by atoms with E-state index in [1.165, 1.54) is 0 Å². The largest absolute Gasteiger partial charge is 0.756 e. The molecule has 0 aromatic rings. The fourth-order valence-corrected chi connectivity index (χ4v) is 2.59. The molecule has 0 fully saturated rings. The molecular weight excluding hydrogens is 325 g/mol. The molecule has 1 aliphatic carbocycles. The maximum atomic E-state index is 11.6. The molecule has 1 amide bonds. The molecule has 0 aliphatic heterocycles. The van der Waals surface area contributed by atoms with Crippen LogP contribution >= 0.6 is 7.82 Å². The van der Waals surface area contributed by atoms with Crippen molar-refractivity contribution in [2.45, 2.75) is 25.4 Å². The maximum Gasteiger partial charge on any atom is 0.407 e. The molecule has 0 heterocycles. The number of hydrogen-bond acceptors (Lipinski definition) is 7. The summed E-state index contributed by atoms with van der Waals surface area (Å²) in [6.45, 7) is 0.435. The summed E-state index contributed by atoms with van der Waals surface area (Å²) in [4.78, 5) is 22.9.